The summed E-state index contributed by atoms with van der Waals surface area (Å²) < 4.78 is 5.19. The van der Waals surface area contributed by atoms with E-state index >= 15 is 0 Å². The monoisotopic (exact) mass is 477 g/mol. The first-order valence-corrected chi connectivity index (χ1v) is 11.4. The molecule has 0 saturated carbocycles. The van der Waals surface area contributed by atoms with E-state index in [-0.39, 0.29) is 18.8 Å². The number of alkyl carbamates (subject to hydrolysis) is 1. The van der Waals surface area contributed by atoms with Crippen molar-refractivity contribution in [1.29, 1.82) is 0 Å². The number of anilines is 1. The summed E-state index contributed by atoms with van der Waals surface area (Å²) in [6, 6.07) is 18.5. The topological polar surface area (TPSA) is 108 Å². The fraction of sp³-hybridized carbons (Fsp3) is 0.296. The Morgan fingerprint density at radius 3 is 2.34 bits per heavy atom. The zero-order chi connectivity index (χ0) is 25.6. The zero-order valence-electron chi connectivity index (χ0n) is 20.4. The molecular formula is C27H31N3O5. The lowest BCUT2D eigenvalue weighted by Crippen LogP contribution is -2.46. The van der Waals surface area contributed by atoms with E-state index in [9.17, 15) is 19.5 Å². The summed E-state index contributed by atoms with van der Waals surface area (Å²) >= 11 is 0. The molecule has 3 N–H and O–H groups in total. The van der Waals surface area contributed by atoms with Gasteiger partial charge in [0.15, 0.2) is 0 Å². The molecule has 8 heteroatoms. The summed E-state index contributed by atoms with van der Waals surface area (Å²) in [5.41, 5.74) is 0.312. The van der Waals surface area contributed by atoms with Gasteiger partial charge in [-0.15, -0.1) is 0 Å². The lowest BCUT2D eigenvalue weighted by atomic mass is 10.0. The van der Waals surface area contributed by atoms with Gasteiger partial charge in [-0.3, -0.25) is 9.59 Å². The normalized spacial score (nSPS) is 12.0. The average Bonchev–Trinajstić information content (AvgIpc) is 2.79. The van der Waals surface area contributed by atoms with Crippen LogP contribution in [0.3, 0.4) is 0 Å². The molecule has 0 bridgehead atoms. The highest BCUT2D eigenvalue weighted by Gasteiger charge is 2.31. The van der Waals surface area contributed by atoms with E-state index in [1.54, 1.807) is 45.9 Å². The number of carbonyl (C=O) groups is 3. The summed E-state index contributed by atoms with van der Waals surface area (Å²) in [5.74, 6) is -0.944. The highest BCUT2D eigenvalue weighted by molar-refractivity contribution is 6.00. The predicted octanol–water partition coefficient (Wildman–Crippen LogP) is 4.60. The van der Waals surface area contributed by atoms with Crippen LogP contribution in [0.25, 0.3) is 10.8 Å². The van der Waals surface area contributed by atoms with Crippen LogP contribution >= 0.6 is 0 Å². The summed E-state index contributed by atoms with van der Waals surface area (Å²) in [5, 5.41) is 17.4. The predicted molar refractivity (Wildman–Crippen MR) is 135 cm³/mol. The number of carbonyl (C=O) groups excluding carboxylic acids is 3. The highest BCUT2D eigenvalue weighted by Crippen LogP contribution is 2.27. The number of likely N-dealkylation sites (N-methyl/N-ethyl adjacent to an activating group) is 1. The first kappa shape index (κ1) is 25.6. The van der Waals surface area contributed by atoms with E-state index in [0.717, 1.165) is 10.8 Å². The summed E-state index contributed by atoms with van der Waals surface area (Å²) in [4.78, 5) is 40.0. The van der Waals surface area contributed by atoms with Crippen molar-refractivity contribution in [3.05, 3.63) is 72.3 Å². The lowest BCUT2D eigenvalue weighted by molar-refractivity contribution is -0.138. The van der Waals surface area contributed by atoms with Gasteiger partial charge in [-0.05, 0) is 68.3 Å². The Labute approximate surface area is 204 Å². The van der Waals surface area contributed by atoms with Crippen molar-refractivity contribution in [2.45, 2.75) is 39.3 Å². The van der Waals surface area contributed by atoms with E-state index in [1.807, 2.05) is 36.4 Å². The molecule has 0 fully saturated rings. The maximum Gasteiger partial charge on any atom is 0.408 e. The van der Waals surface area contributed by atoms with Gasteiger partial charge in [0.05, 0.1) is 0 Å². The molecule has 1 unspecified atom stereocenters. The maximum atomic E-state index is 13.5. The smallest absolute Gasteiger partial charge is 0.408 e. The number of nitrogens with one attached hydrogen (secondary N) is 2. The molecule has 0 aliphatic rings. The zero-order valence-corrected chi connectivity index (χ0v) is 20.4. The van der Waals surface area contributed by atoms with Crippen molar-refractivity contribution in [2.24, 2.45) is 0 Å². The van der Waals surface area contributed by atoms with Gasteiger partial charge in [0.1, 0.15) is 23.9 Å². The summed E-state index contributed by atoms with van der Waals surface area (Å²) in [6.07, 6.45) is -0.726. The van der Waals surface area contributed by atoms with Crippen molar-refractivity contribution < 1.29 is 24.2 Å². The van der Waals surface area contributed by atoms with Gasteiger partial charge in [-0.25, -0.2) is 4.79 Å². The number of nitrogens with zero attached hydrogens (tertiary/aromatic N) is 1. The van der Waals surface area contributed by atoms with E-state index in [4.69, 9.17) is 4.74 Å². The fourth-order valence-electron chi connectivity index (χ4n) is 3.71. The van der Waals surface area contributed by atoms with Gasteiger partial charge in [0.2, 0.25) is 5.91 Å². The minimum absolute atomic E-state index is 0.0265. The van der Waals surface area contributed by atoms with Gasteiger partial charge in [-0.1, -0.05) is 42.5 Å². The molecule has 0 aliphatic heterocycles. The fourth-order valence-corrected chi connectivity index (χ4v) is 3.71. The minimum atomic E-state index is -1.04. The first-order chi connectivity index (χ1) is 16.6. The van der Waals surface area contributed by atoms with Crippen LogP contribution in [0.2, 0.25) is 0 Å². The second-order valence-electron chi connectivity index (χ2n) is 9.08. The van der Waals surface area contributed by atoms with Crippen LogP contribution in [-0.4, -0.2) is 46.6 Å². The van der Waals surface area contributed by atoms with E-state index in [2.05, 4.69) is 10.6 Å². The van der Waals surface area contributed by atoms with Crippen LogP contribution in [0.1, 0.15) is 39.3 Å². The maximum absolute atomic E-state index is 13.5. The molecular weight excluding hydrogens is 446 g/mol. The molecule has 1 atom stereocenters. The number of hydrogen-bond donors (Lipinski definition) is 3. The van der Waals surface area contributed by atoms with Crippen LogP contribution in [0.4, 0.5) is 10.5 Å². The van der Waals surface area contributed by atoms with Crippen molar-refractivity contribution in [3.8, 4) is 5.75 Å². The molecule has 0 aliphatic carbocycles. The van der Waals surface area contributed by atoms with Gasteiger partial charge in [-0.2, -0.15) is 0 Å². The van der Waals surface area contributed by atoms with Crippen molar-refractivity contribution in [1.82, 2.24) is 10.2 Å². The molecule has 8 nitrogen and oxygen atoms in total. The number of amides is 3. The molecule has 0 spiro atoms. The van der Waals surface area contributed by atoms with Crippen molar-refractivity contribution in [3.63, 3.8) is 0 Å². The SMILES string of the molecule is CCN(C(=O)CNC(=O)OC(C)(C)C)C(C(=O)Nc1ccc2ccccc2c1)c1cccc(O)c1. The quantitative estimate of drug-likeness (QED) is 0.461. The standard InChI is InChI=1S/C27H31N3O5/c1-5-30(23(32)17-28-26(34)35-27(2,3)4)24(20-11-8-12-22(31)16-20)25(33)29-21-14-13-18-9-6-7-10-19(18)15-21/h6-16,24,31H,5,17H2,1-4H3,(H,28,34)(H,29,33). The Kier molecular flexibility index (Phi) is 7.96. The summed E-state index contributed by atoms with van der Waals surface area (Å²) in [6.45, 7) is 6.76. The highest BCUT2D eigenvalue weighted by atomic mass is 16.6. The number of ether oxygens (including phenoxy) is 1. The Balaban J connectivity index is 1.85. The van der Waals surface area contributed by atoms with E-state index in [0.29, 0.717) is 11.3 Å². The molecule has 3 rings (SSSR count). The van der Waals surface area contributed by atoms with E-state index < -0.39 is 29.6 Å². The van der Waals surface area contributed by atoms with Crippen LogP contribution in [0.15, 0.2) is 66.7 Å². The molecule has 0 saturated heterocycles. The van der Waals surface area contributed by atoms with Crippen LogP contribution in [0, 0.1) is 0 Å². The molecule has 0 aromatic heterocycles. The second kappa shape index (κ2) is 10.9. The molecule has 3 aromatic carbocycles. The van der Waals surface area contributed by atoms with Crippen LogP contribution < -0.4 is 10.6 Å². The molecule has 0 radical (unpaired) electrons. The van der Waals surface area contributed by atoms with Gasteiger partial charge in [0, 0.05) is 12.2 Å². The van der Waals surface area contributed by atoms with Crippen molar-refractivity contribution in [2.75, 3.05) is 18.4 Å². The number of fused-ring (bicyclic) bond motifs is 1. The Bertz CT molecular complexity index is 1220. The second-order valence-corrected chi connectivity index (χ2v) is 9.08. The third kappa shape index (κ3) is 6.96. The molecule has 3 aromatic rings. The summed E-state index contributed by atoms with van der Waals surface area (Å²) in [7, 11) is 0. The Morgan fingerprint density at radius 1 is 0.971 bits per heavy atom. The van der Waals surface area contributed by atoms with Gasteiger partial charge in [0.25, 0.3) is 5.91 Å². The van der Waals surface area contributed by atoms with Crippen molar-refractivity contribution >= 4 is 34.4 Å². The largest absolute Gasteiger partial charge is 0.508 e. The minimum Gasteiger partial charge on any atom is -0.508 e. The number of phenols is 1. The number of hydrogen-bond acceptors (Lipinski definition) is 5. The number of rotatable bonds is 7. The Hall–Kier alpha value is -4.07. The first-order valence-electron chi connectivity index (χ1n) is 11.4. The lowest BCUT2D eigenvalue weighted by Gasteiger charge is -2.30. The number of benzene rings is 3. The third-order valence-electron chi connectivity index (χ3n) is 5.21. The van der Waals surface area contributed by atoms with E-state index in [1.165, 1.54) is 17.0 Å². The van der Waals surface area contributed by atoms with Gasteiger partial charge >= 0.3 is 6.09 Å². The van der Waals surface area contributed by atoms with Gasteiger partial charge < -0.3 is 25.4 Å². The molecule has 184 valence electrons. The van der Waals surface area contributed by atoms with Crippen LogP contribution in [-0.2, 0) is 14.3 Å². The number of aromatic hydroxyl groups is 1. The Morgan fingerprint density at radius 2 is 1.69 bits per heavy atom. The average molecular weight is 478 g/mol. The molecule has 3 amide bonds. The molecule has 0 heterocycles. The van der Waals surface area contributed by atoms with Crippen LogP contribution in [0.5, 0.6) is 5.75 Å². The molecule has 35 heavy (non-hydrogen) atoms. The number of phenolic OH excluding ortho intramolecular Hbond substituents is 1. The third-order valence-corrected chi connectivity index (χ3v) is 5.21.